The van der Waals surface area contributed by atoms with Crippen molar-refractivity contribution in [2.45, 2.75) is 6.92 Å². The lowest BCUT2D eigenvalue weighted by molar-refractivity contribution is 1.05. The second kappa shape index (κ2) is 11.8. The van der Waals surface area contributed by atoms with Gasteiger partial charge in [-0.15, -0.1) is 0 Å². The topological polar surface area (TPSA) is 89.7 Å². The van der Waals surface area contributed by atoms with Crippen LogP contribution in [0.15, 0.2) is 133 Å². The van der Waals surface area contributed by atoms with Gasteiger partial charge in [-0.1, -0.05) is 84.9 Å². The summed E-state index contributed by atoms with van der Waals surface area (Å²) in [5, 5.41) is 3.17. The van der Waals surface area contributed by atoms with Crippen molar-refractivity contribution in [2.24, 2.45) is 4.99 Å². The minimum absolute atomic E-state index is 0.551. The van der Waals surface area contributed by atoms with Crippen molar-refractivity contribution in [3.05, 3.63) is 134 Å². The molecule has 222 valence electrons. The van der Waals surface area contributed by atoms with Gasteiger partial charge in [-0.25, -0.2) is 24.9 Å². The molecule has 0 saturated heterocycles. The number of rotatable bonds is 6. The van der Waals surface area contributed by atoms with Gasteiger partial charge in [-0.2, -0.15) is 0 Å². The highest BCUT2D eigenvalue weighted by Gasteiger charge is 2.12. The van der Waals surface area contributed by atoms with Crippen LogP contribution in [0.3, 0.4) is 0 Å². The third-order valence-corrected chi connectivity index (χ3v) is 8.35. The van der Waals surface area contributed by atoms with Crippen LogP contribution in [0.5, 0.6) is 0 Å². The van der Waals surface area contributed by atoms with E-state index >= 15 is 0 Å². The van der Waals surface area contributed by atoms with E-state index in [0.717, 1.165) is 77.5 Å². The Balaban J connectivity index is 1.12. The van der Waals surface area contributed by atoms with Crippen LogP contribution in [0, 0.1) is 0 Å². The summed E-state index contributed by atoms with van der Waals surface area (Å²) in [6.07, 6.45) is 8.82. The molecule has 0 saturated carbocycles. The van der Waals surface area contributed by atoms with Gasteiger partial charge in [0.25, 0.3) is 0 Å². The molecule has 0 unspecified atom stereocenters. The molecule has 0 amide bonds. The molecule has 4 aromatic carbocycles. The smallest absolute Gasteiger partial charge is 0.181 e. The fourth-order valence-electron chi connectivity index (χ4n) is 6.02. The molecular formula is C40H27N7. The van der Waals surface area contributed by atoms with Gasteiger partial charge in [-0.3, -0.25) is 9.98 Å². The molecule has 0 bridgehead atoms. The number of aromatic nitrogens is 6. The quantitative estimate of drug-likeness (QED) is 0.175. The highest BCUT2D eigenvalue weighted by molar-refractivity contribution is 6.02. The van der Waals surface area contributed by atoms with Crippen molar-refractivity contribution in [1.29, 1.82) is 0 Å². The summed E-state index contributed by atoms with van der Waals surface area (Å²) < 4.78 is 0. The van der Waals surface area contributed by atoms with Crippen LogP contribution < -0.4 is 0 Å². The molecule has 0 aliphatic carbocycles. The zero-order valence-corrected chi connectivity index (χ0v) is 25.5. The molecule has 0 aliphatic heterocycles. The number of hydrogen-bond donors (Lipinski definition) is 0. The van der Waals surface area contributed by atoms with Gasteiger partial charge in [0, 0.05) is 33.5 Å². The molecule has 0 atom stereocenters. The maximum absolute atomic E-state index is 5.08. The van der Waals surface area contributed by atoms with E-state index in [0.29, 0.717) is 11.5 Å². The van der Waals surface area contributed by atoms with Gasteiger partial charge in [0.05, 0.1) is 27.9 Å². The Bertz CT molecular complexity index is 2490. The van der Waals surface area contributed by atoms with E-state index in [1.807, 2.05) is 43.5 Å². The number of pyridine rings is 3. The van der Waals surface area contributed by atoms with Crippen LogP contribution in [0.4, 0.5) is 5.69 Å². The third-order valence-electron chi connectivity index (χ3n) is 8.35. The second-order valence-electron chi connectivity index (χ2n) is 11.2. The van der Waals surface area contributed by atoms with E-state index in [2.05, 4.69) is 117 Å². The van der Waals surface area contributed by atoms with Crippen molar-refractivity contribution in [1.82, 2.24) is 29.9 Å². The van der Waals surface area contributed by atoms with Crippen molar-refractivity contribution in [3.8, 4) is 45.0 Å². The minimum Gasteiger partial charge on any atom is -0.262 e. The van der Waals surface area contributed by atoms with Gasteiger partial charge in [0.1, 0.15) is 18.3 Å². The van der Waals surface area contributed by atoms with E-state index in [4.69, 9.17) is 9.97 Å². The average molecular weight is 606 g/mol. The highest BCUT2D eigenvalue weighted by Crippen LogP contribution is 2.36. The first-order valence-electron chi connectivity index (χ1n) is 15.2. The van der Waals surface area contributed by atoms with E-state index in [9.17, 15) is 0 Å². The molecule has 0 N–H and O–H groups in total. The van der Waals surface area contributed by atoms with E-state index in [-0.39, 0.29) is 0 Å². The predicted molar refractivity (Wildman–Crippen MR) is 191 cm³/mol. The normalized spacial score (nSPS) is 11.5. The van der Waals surface area contributed by atoms with Crippen LogP contribution in [0.1, 0.15) is 12.5 Å². The van der Waals surface area contributed by atoms with Gasteiger partial charge >= 0.3 is 0 Å². The van der Waals surface area contributed by atoms with Crippen molar-refractivity contribution in [3.63, 3.8) is 0 Å². The van der Waals surface area contributed by atoms with Crippen LogP contribution in [-0.2, 0) is 0 Å². The molecule has 7 nitrogen and oxygen atoms in total. The summed E-state index contributed by atoms with van der Waals surface area (Å²) >= 11 is 0. The number of nitrogens with zero attached hydrogens (tertiary/aromatic N) is 7. The number of allylic oxidation sites excluding steroid dienone is 1. The summed E-state index contributed by atoms with van der Waals surface area (Å²) in [5.41, 5.74) is 11.4. The Labute approximate surface area is 271 Å². The Hall–Kier alpha value is -6.47. The highest BCUT2D eigenvalue weighted by atomic mass is 15.0. The molecule has 0 spiro atoms. The summed E-state index contributed by atoms with van der Waals surface area (Å²) in [4.78, 5) is 31.3. The second-order valence-corrected chi connectivity index (χ2v) is 11.2. The van der Waals surface area contributed by atoms with Crippen molar-refractivity contribution < 1.29 is 0 Å². The average Bonchev–Trinajstić information content (AvgIpc) is 3.14. The molecule has 0 aliphatic rings. The molecule has 8 rings (SSSR count). The Morgan fingerprint density at radius 3 is 1.91 bits per heavy atom. The fraction of sp³-hybridized carbons (Fsp3) is 0.0250. The zero-order chi connectivity index (χ0) is 31.7. The minimum atomic E-state index is 0.551. The first kappa shape index (κ1) is 28.0. The number of aliphatic imine (C=N–C) groups is 1. The lowest BCUT2D eigenvalue weighted by Gasteiger charge is -2.11. The molecule has 4 heterocycles. The Morgan fingerprint density at radius 1 is 0.617 bits per heavy atom. The lowest BCUT2D eigenvalue weighted by atomic mass is 9.97. The fourth-order valence-corrected chi connectivity index (χ4v) is 6.02. The Morgan fingerprint density at radius 2 is 1.23 bits per heavy atom. The molecular weight excluding hydrogens is 578 g/mol. The maximum atomic E-state index is 5.08. The van der Waals surface area contributed by atoms with Crippen molar-refractivity contribution >= 4 is 51.2 Å². The lowest BCUT2D eigenvalue weighted by Crippen LogP contribution is -1.92. The van der Waals surface area contributed by atoms with Gasteiger partial charge in [-0.05, 0) is 66.2 Å². The number of hydrogen-bond acceptors (Lipinski definition) is 7. The Kier molecular flexibility index (Phi) is 7.04. The largest absolute Gasteiger partial charge is 0.262 e. The van der Waals surface area contributed by atoms with Crippen LogP contribution in [-0.4, -0.2) is 36.6 Å². The van der Waals surface area contributed by atoms with Crippen LogP contribution in [0.25, 0.3) is 83.8 Å². The number of benzene rings is 4. The van der Waals surface area contributed by atoms with Gasteiger partial charge in [0.15, 0.2) is 5.82 Å². The summed E-state index contributed by atoms with van der Waals surface area (Å²) in [5.74, 6) is 0.551. The summed E-state index contributed by atoms with van der Waals surface area (Å²) in [6, 6.07) is 35.6. The molecule has 47 heavy (non-hydrogen) atoms. The molecule has 0 fully saturated rings. The first-order valence-corrected chi connectivity index (χ1v) is 15.2. The standard InChI is InChI=1S/C40H27N7/c1-3-4-29-13-16-33-32(19-20-43-39(33)38(29)41-2)25-5-7-26(8-6-25)34-17-14-27-9-11-30(21-36(27)46-34)31-12-10-28-15-18-35(47-37(28)22-31)40-44-23-42-24-45-40/h3-24H,2H2,1H3/b4-3-. The van der Waals surface area contributed by atoms with E-state index < -0.39 is 0 Å². The summed E-state index contributed by atoms with van der Waals surface area (Å²) in [6.45, 7) is 5.79. The first-order chi connectivity index (χ1) is 23.2. The van der Waals surface area contributed by atoms with Gasteiger partial charge < -0.3 is 0 Å². The van der Waals surface area contributed by atoms with Crippen LogP contribution in [0.2, 0.25) is 0 Å². The molecule has 7 heteroatoms. The van der Waals surface area contributed by atoms with E-state index in [1.54, 1.807) is 0 Å². The SMILES string of the molecule is C=Nc1c(/C=C\C)ccc2c(-c3ccc(-c4ccc5ccc(-c6ccc7ccc(-c8ncncn8)nc7c6)cc5n4)cc3)ccnc12. The van der Waals surface area contributed by atoms with Gasteiger partial charge in [0.2, 0.25) is 0 Å². The number of fused-ring (bicyclic) bond motifs is 3. The van der Waals surface area contributed by atoms with Crippen molar-refractivity contribution in [2.75, 3.05) is 0 Å². The zero-order valence-electron chi connectivity index (χ0n) is 25.5. The molecule has 0 radical (unpaired) electrons. The van der Waals surface area contributed by atoms with E-state index in [1.165, 1.54) is 12.7 Å². The third kappa shape index (κ3) is 5.19. The maximum Gasteiger partial charge on any atom is 0.181 e. The predicted octanol–water partition coefficient (Wildman–Crippen LogP) is 9.55. The summed E-state index contributed by atoms with van der Waals surface area (Å²) in [7, 11) is 0. The molecule has 4 aromatic heterocycles. The molecule has 8 aromatic rings. The monoisotopic (exact) mass is 605 g/mol. The van der Waals surface area contributed by atoms with Crippen LogP contribution >= 0.6 is 0 Å².